The van der Waals surface area contributed by atoms with Gasteiger partial charge in [0, 0.05) is 19.2 Å². The molecule has 90 valence electrons. The van der Waals surface area contributed by atoms with Crippen molar-refractivity contribution >= 4 is 0 Å². The molecular formula is C12H25NO2. The lowest BCUT2D eigenvalue weighted by molar-refractivity contribution is -0.00920. The van der Waals surface area contributed by atoms with Crippen molar-refractivity contribution in [3.8, 4) is 0 Å². The van der Waals surface area contributed by atoms with Crippen LogP contribution in [0.3, 0.4) is 0 Å². The summed E-state index contributed by atoms with van der Waals surface area (Å²) in [6.45, 7) is 6.68. The third kappa shape index (κ3) is 4.96. The number of nitrogens with zero attached hydrogens (tertiary/aromatic N) is 1. The van der Waals surface area contributed by atoms with Gasteiger partial charge in [-0.25, -0.2) is 0 Å². The summed E-state index contributed by atoms with van der Waals surface area (Å²) < 4.78 is 5.47. The van der Waals surface area contributed by atoms with Crippen LogP contribution < -0.4 is 0 Å². The Morgan fingerprint density at radius 2 is 2.07 bits per heavy atom. The number of ether oxygens (including phenoxy) is 1. The van der Waals surface area contributed by atoms with Crippen molar-refractivity contribution < 1.29 is 9.84 Å². The lowest BCUT2D eigenvalue weighted by Crippen LogP contribution is -2.45. The first-order valence-corrected chi connectivity index (χ1v) is 6.31. The second-order valence-corrected chi connectivity index (χ2v) is 4.31. The van der Waals surface area contributed by atoms with E-state index >= 15 is 0 Å². The molecule has 1 unspecified atom stereocenters. The van der Waals surface area contributed by atoms with E-state index < -0.39 is 0 Å². The number of hydrogen-bond acceptors (Lipinski definition) is 3. The maximum Gasteiger partial charge on any atom is 0.0622 e. The van der Waals surface area contributed by atoms with Crippen LogP contribution in [0.4, 0.5) is 0 Å². The van der Waals surface area contributed by atoms with Crippen LogP contribution in [0, 0.1) is 0 Å². The molecule has 0 aromatic rings. The van der Waals surface area contributed by atoms with Crippen molar-refractivity contribution in [1.29, 1.82) is 0 Å². The highest BCUT2D eigenvalue weighted by Gasteiger charge is 2.20. The molecule has 15 heavy (non-hydrogen) atoms. The van der Waals surface area contributed by atoms with Crippen molar-refractivity contribution in [2.24, 2.45) is 0 Å². The third-order valence-corrected chi connectivity index (χ3v) is 3.17. The van der Waals surface area contributed by atoms with Crippen LogP contribution in [-0.2, 0) is 4.74 Å². The fraction of sp³-hybridized carbons (Fsp3) is 1.00. The summed E-state index contributed by atoms with van der Waals surface area (Å²) in [4.78, 5) is 2.56. The van der Waals surface area contributed by atoms with Crippen molar-refractivity contribution in [2.45, 2.75) is 45.1 Å². The Morgan fingerprint density at radius 1 is 1.27 bits per heavy atom. The van der Waals surface area contributed by atoms with Crippen LogP contribution in [0.25, 0.3) is 0 Å². The van der Waals surface area contributed by atoms with E-state index in [2.05, 4.69) is 11.8 Å². The molecule has 1 N–H and O–H groups in total. The Hall–Kier alpha value is -0.120. The molecule has 0 aromatic heterocycles. The summed E-state index contributed by atoms with van der Waals surface area (Å²) >= 11 is 0. The average molecular weight is 215 g/mol. The van der Waals surface area contributed by atoms with Crippen LogP contribution >= 0.6 is 0 Å². The first-order chi connectivity index (χ1) is 7.38. The van der Waals surface area contributed by atoms with Gasteiger partial charge in [-0.1, -0.05) is 19.8 Å². The van der Waals surface area contributed by atoms with Crippen LogP contribution in [0.5, 0.6) is 0 Å². The van der Waals surface area contributed by atoms with Gasteiger partial charge in [0.2, 0.25) is 0 Å². The van der Waals surface area contributed by atoms with Gasteiger partial charge in [0.1, 0.15) is 0 Å². The zero-order valence-electron chi connectivity index (χ0n) is 9.95. The predicted molar refractivity (Wildman–Crippen MR) is 62.0 cm³/mol. The van der Waals surface area contributed by atoms with Gasteiger partial charge in [-0.15, -0.1) is 0 Å². The largest absolute Gasteiger partial charge is 0.396 e. The van der Waals surface area contributed by atoms with E-state index in [1.807, 2.05) is 0 Å². The van der Waals surface area contributed by atoms with E-state index in [9.17, 15) is 0 Å². The third-order valence-electron chi connectivity index (χ3n) is 3.17. The first-order valence-electron chi connectivity index (χ1n) is 6.31. The van der Waals surface area contributed by atoms with Crippen LogP contribution in [0.15, 0.2) is 0 Å². The zero-order chi connectivity index (χ0) is 10.9. The van der Waals surface area contributed by atoms with Gasteiger partial charge in [-0.2, -0.15) is 0 Å². The number of hydrogen-bond donors (Lipinski definition) is 1. The number of unbranched alkanes of at least 4 members (excludes halogenated alkanes) is 3. The summed E-state index contributed by atoms with van der Waals surface area (Å²) in [7, 11) is 0. The van der Waals surface area contributed by atoms with Crippen molar-refractivity contribution in [2.75, 3.05) is 32.9 Å². The molecule has 0 aromatic carbocycles. The van der Waals surface area contributed by atoms with E-state index in [0.29, 0.717) is 12.6 Å². The maximum absolute atomic E-state index is 8.67. The summed E-state index contributed by atoms with van der Waals surface area (Å²) in [6.07, 6.45) is 5.82. The standard InChI is InChI=1S/C12H25NO2/c1-2-12-11-15-10-8-13(12)7-5-3-4-6-9-14/h12,14H,2-11H2,1H3. The molecule has 3 heteroatoms. The number of morpholine rings is 1. The Labute approximate surface area is 93.4 Å². The Kier molecular flexibility index (Phi) is 6.98. The highest BCUT2D eigenvalue weighted by molar-refractivity contribution is 4.73. The SMILES string of the molecule is CCC1COCCN1CCCCCCO. The van der Waals surface area contributed by atoms with E-state index in [4.69, 9.17) is 9.84 Å². The molecule has 1 saturated heterocycles. The molecule has 1 fully saturated rings. The molecule has 0 spiro atoms. The molecular weight excluding hydrogens is 190 g/mol. The lowest BCUT2D eigenvalue weighted by atomic mass is 10.1. The molecule has 1 atom stereocenters. The molecule has 1 aliphatic heterocycles. The molecule has 3 nitrogen and oxygen atoms in total. The van der Waals surface area contributed by atoms with Gasteiger partial charge in [0.05, 0.1) is 13.2 Å². The monoisotopic (exact) mass is 215 g/mol. The molecule has 1 aliphatic rings. The quantitative estimate of drug-likeness (QED) is 0.655. The fourth-order valence-corrected chi connectivity index (χ4v) is 2.14. The van der Waals surface area contributed by atoms with Crippen LogP contribution in [0.2, 0.25) is 0 Å². The number of aliphatic hydroxyl groups is 1. The summed E-state index contributed by atoms with van der Waals surface area (Å²) in [5.41, 5.74) is 0. The average Bonchev–Trinajstić information content (AvgIpc) is 2.29. The highest BCUT2D eigenvalue weighted by Crippen LogP contribution is 2.11. The van der Waals surface area contributed by atoms with E-state index in [1.165, 1.54) is 25.8 Å². The van der Waals surface area contributed by atoms with Gasteiger partial charge in [0.15, 0.2) is 0 Å². The lowest BCUT2D eigenvalue weighted by Gasteiger charge is -2.35. The number of rotatable bonds is 7. The van der Waals surface area contributed by atoms with E-state index in [0.717, 1.165) is 32.6 Å². The van der Waals surface area contributed by atoms with Gasteiger partial charge < -0.3 is 9.84 Å². The van der Waals surface area contributed by atoms with Gasteiger partial charge in [-0.05, 0) is 25.8 Å². The fourth-order valence-electron chi connectivity index (χ4n) is 2.14. The van der Waals surface area contributed by atoms with E-state index in [1.54, 1.807) is 0 Å². The molecule has 0 saturated carbocycles. The molecule has 0 bridgehead atoms. The van der Waals surface area contributed by atoms with Crippen molar-refractivity contribution in [3.05, 3.63) is 0 Å². The normalized spacial score (nSPS) is 23.2. The zero-order valence-corrected chi connectivity index (χ0v) is 9.95. The maximum atomic E-state index is 8.67. The minimum Gasteiger partial charge on any atom is -0.396 e. The van der Waals surface area contributed by atoms with E-state index in [-0.39, 0.29) is 0 Å². The molecule has 0 radical (unpaired) electrons. The van der Waals surface area contributed by atoms with Crippen molar-refractivity contribution in [3.63, 3.8) is 0 Å². The second-order valence-electron chi connectivity index (χ2n) is 4.31. The summed E-state index contributed by atoms with van der Waals surface area (Å²) in [6, 6.07) is 0.636. The first kappa shape index (κ1) is 12.9. The van der Waals surface area contributed by atoms with Gasteiger partial charge >= 0.3 is 0 Å². The molecule has 1 heterocycles. The van der Waals surface area contributed by atoms with Crippen LogP contribution in [0.1, 0.15) is 39.0 Å². The Bertz CT molecular complexity index is 153. The predicted octanol–water partition coefficient (Wildman–Crippen LogP) is 1.65. The van der Waals surface area contributed by atoms with Crippen molar-refractivity contribution in [1.82, 2.24) is 4.90 Å². The minimum absolute atomic E-state index is 0.342. The Balaban J connectivity index is 2.07. The second kappa shape index (κ2) is 8.08. The Morgan fingerprint density at radius 3 is 2.80 bits per heavy atom. The molecule has 1 rings (SSSR count). The topological polar surface area (TPSA) is 32.7 Å². The summed E-state index contributed by atoms with van der Waals surface area (Å²) in [5.74, 6) is 0. The molecule has 0 aliphatic carbocycles. The van der Waals surface area contributed by atoms with Crippen LogP contribution in [-0.4, -0.2) is 49.0 Å². The number of aliphatic hydroxyl groups excluding tert-OH is 1. The van der Waals surface area contributed by atoms with Gasteiger partial charge in [0.25, 0.3) is 0 Å². The minimum atomic E-state index is 0.342. The smallest absolute Gasteiger partial charge is 0.0622 e. The molecule has 0 amide bonds. The highest BCUT2D eigenvalue weighted by atomic mass is 16.5. The summed E-state index contributed by atoms with van der Waals surface area (Å²) in [5, 5.41) is 8.67. The van der Waals surface area contributed by atoms with Gasteiger partial charge in [-0.3, -0.25) is 4.90 Å².